The van der Waals surface area contributed by atoms with E-state index < -0.39 is 0 Å². The Hall–Kier alpha value is -1.59. The lowest BCUT2D eigenvalue weighted by Gasteiger charge is -2.19. The van der Waals surface area contributed by atoms with Crippen molar-refractivity contribution in [2.75, 3.05) is 33.9 Å². The largest absolute Gasteiger partial charge is 0.496 e. The van der Waals surface area contributed by atoms with Crippen LogP contribution in [0, 0.1) is 0 Å². The van der Waals surface area contributed by atoms with Crippen LogP contribution in [0.2, 0.25) is 0 Å². The summed E-state index contributed by atoms with van der Waals surface area (Å²) in [6, 6.07) is 8.15. The highest BCUT2D eigenvalue weighted by Crippen LogP contribution is 2.26. The minimum Gasteiger partial charge on any atom is -0.496 e. The van der Waals surface area contributed by atoms with Crippen LogP contribution in [0.1, 0.15) is 31.4 Å². The summed E-state index contributed by atoms with van der Waals surface area (Å²) < 4.78 is 10.3. The summed E-state index contributed by atoms with van der Waals surface area (Å²) in [5.74, 6) is 0.913. The van der Waals surface area contributed by atoms with Crippen LogP contribution in [0.5, 0.6) is 5.75 Å². The van der Waals surface area contributed by atoms with E-state index >= 15 is 0 Å². The molecule has 0 saturated carbocycles. The van der Waals surface area contributed by atoms with Crippen LogP contribution in [0.4, 0.5) is 0 Å². The lowest BCUT2D eigenvalue weighted by Crippen LogP contribution is -2.31. The predicted octanol–water partition coefficient (Wildman–Crippen LogP) is 1.89. The van der Waals surface area contributed by atoms with Crippen molar-refractivity contribution >= 4 is 5.91 Å². The lowest BCUT2D eigenvalue weighted by atomic mass is 10.0. The molecular weight excluding hydrogens is 268 g/mol. The maximum atomic E-state index is 11.6. The van der Waals surface area contributed by atoms with Gasteiger partial charge in [0.15, 0.2) is 0 Å². The number of para-hydroxylation sites is 1. The van der Waals surface area contributed by atoms with Crippen molar-refractivity contribution in [3.63, 3.8) is 0 Å². The molecule has 1 atom stereocenters. The smallest absolute Gasteiger partial charge is 0.221 e. The van der Waals surface area contributed by atoms with Gasteiger partial charge in [0.25, 0.3) is 0 Å². The molecule has 0 saturated heterocycles. The Bertz CT molecular complexity index is 424. The molecule has 1 unspecified atom stereocenters. The SMILES string of the molecule is CCC(NCCC(=O)NCCOC)c1ccccc1OC. The number of methoxy groups -OCH3 is 2. The standard InChI is InChI=1S/C16H26N2O3/c1-4-14(13-7-5-6-8-15(13)21-3)17-10-9-16(19)18-11-12-20-2/h5-8,14,17H,4,9-12H2,1-3H3,(H,18,19). The van der Waals surface area contributed by atoms with Gasteiger partial charge in [0, 0.05) is 38.2 Å². The van der Waals surface area contributed by atoms with E-state index in [9.17, 15) is 4.79 Å². The van der Waals surface area contributed by atoms with Crippen LogP contribution in [-0.2, 0) is 9.53 Å². The topological polar surface area (TPSA) is 59.6 Å². The van der Waals surface area contributed by atoms with Crippen molar-refractivity contribution in [1.82, 2.24) is 10.6 Å². The summed E-state index contributed by atoms with van der Waals surface area (Å²) in [7, 11) is 3.29. The van der Waals surface area contributed by atoms with Gasteiger partial charge >= 0.3 is 0 Å². The maximum Gasteiger partial charge on any atom is 0.221 e. The molecule has 21 heavy (non-hydrogen) atoms. The molecule has 0 radical (unpaired) electrons. The van der Waals surface area contributed by atoms with Crippen molar-refractivity contribution in [3.05, 3.63) is 29.8 Å². The molecule has 1 rings (SSSR count). The fourth-order valence-electron chi connectivity index (χ4n) is 2.17. The molecular formula is C16H26N2O3. The van der Waals surface area contributed by atoms with E-state index in [0.29, 0.717) is 26.1 Å². The first kappa shape index (κ1) is 17.5. The molecule has 0 aliphatic carbocycles. The molecule has 1 amide bonds. The maximum absolute atomic E-state index is 11.6. The van der Waals surface area contributed by atoms with Crippen LogP contribution in [0.15, 0.2) is 24.3 Å². The molecule has 0 bridgehead atoms. The Morgan fingerprint density at radius 3 is 2.67 bits per heavy atom. The van der Waals surface area contributed by atoms with Gasteiger partial charge < -0.3 is 20.1 Å². The van der Waals surface area contributed by atoms with Gasteiger partial charge in [-0.25, -0.2) is 0 Å². The zero-order valence-corrected chi connectivity index (χ0v) is 13.1. The molecule has 5 heteroatoms. The molecule has 0 heterocycles. The fraction of sp³-hybridized carbons (Fsp3) is 0.562. The van der Waals surface area contributed by atoms with E-state index in [1.165, 1.54) is 0 Å². The zero-order valence-electron chi connectivity index (χ0n) is 13.1. The minimum atomic E-state index is 0.0365. The molecule has 5 nitrogen and oxygen atoms in total. The highest BCUT2D eigenvalue weighted by atomic mass is 16.5. The first-order valence-electron chi connectivity index (χ1n) is 7.34. The van der Waals surface area contributed by atoms with Crippen LogP contribution < -0.4 is 15.4 Å². The van der Waals surface area contributed by atoms with Gasteiger partial charge in [-0.15, -0.1) is 0 Å². The molecule has 0 fully saturated rings. The first-order chi connectivity index (χ1) is 10.2. The number of benzene rings is 1. The van der Waals surface area contributed by atoms with Crippen molar-refractivity contribution in [1.29, 1.82) is 0 Å². The average Bonchev–Trinajstić information content (AvgIpc) is 2.52. The van der Waals surface area contributed by atoms with E-state index in [2.05, 4.69) is 23.6 Å². The second-order valence-corrected chi connectivity index (χ2v) is 4.75. The van der Waals surface area contributed by atoms with Gasteiger partial charge in [-0.3, -0.25) is 4.79 Å². The molecule has 0 spiro atoms. The molecule has 118 valence electrons. The third kappa shape index (κ3) is 6.14. The molecule has 0 aromatic heterocycles. The number of ether oxygens (including phenoxy) is 2. The highest BCUT2D eigenvalue weighted by molar-refractivity contribution is 5.76. The molecule has 0 aliphatic heterocycles. The Kier molecular flexibility index (Phi) is 8.47. The fourth-order valence-corrected chi connectivity index (χ4v) is 2.17. The van der Waals surface area contributed by atoms with Crippen molar-refractivity contribution in [2.45, 2.75) is 25.8 Å². The van der Waals surface area contributed by atoms with Gasteiger partial charge in [-0.2, -0.15) is 0 Å². The van der Waals surface area contributed by atoms with E-state index in [1.54, 1.807) is 14.2 Å². The average molecular weight is 294 g/mol. The monoisotopic (exact) mass is 294 g/mol. The number of rotatable bonds is 10. The number of nitrogens with one attached hydrogen (secondary N) is 2. The summed E-state index contributed by atoms with van der Waals surface area (Å²) in [6.07, 6.45) is 1.39. The molecule has 1 aromatic rings. The first-order valence-corrected chi connectivity index (χ1v) is 7.34. The summed E-state index contributed by atoms with van der Waals surface area (Å²) in [6.45, 7) is 3.84. The molecule has 0 aliphatic rings. The van der Waals surface area contributed by atoms with E-state index in [-0.39, 0.29) is 11.9 Å². The number of carbonyl (C=O) groups is 1. The van der Waals surface area contributed by atoms with Crippen LogP contribution in [0.3, 0.4) is 0 Å². The van der Waals surface area contributed by atoms with Gasteiger partial charge in [0.1, 0.15) is 5.75 Å². The Morgan fingerprint density at radius 2 is 2.00 bits per heavy atom. The second kappa shape index (κ2) is 10.2. The Morgan fingerprint density at radius 1 is 1.24 bits per heavy atom. The van der Waals surface area contributed by atoms with Crippen LogP contribution in [-0.4, -0.2) is 39.8 Å². The summed E-state index contributed by atoms with van der Waals surface area (Å²) in [5.41, 5.74) is 1.13. The third-order valence-electron chi connectivity index (χ3n) is 3.29. The second-order valence-electron chi connectivity index (χ2n) is 4.75. The lowest BCUT2D eigenvalue weighted by molar-refractivity contribution is -0.121. The Balaban J connectivity index is 2.42. The van der Waals surface area contributed by atoms with E-state index in [0.717, 1.165) is 17.7 Å². The Labute approximate surface area is 127 Å². The third-order valence-corrected chi connectivity index (χ3v) is 3.29. The quantitative estimate of drug-likeness (QED) is 0.647. The molecule has 1 aromatic carbocycles. The van der Waals surface area contributed by atoms with Crippen molar-refractivity contribution in [3.8, 4) is 5.75 Å². The predicted molar refractivity (Wildman–Crippen MR) is 83.5 cm³/mol. The van der Waals surface area contributed by atoms with Crippen LogP contribution >= 0.6 is 0 Å². The van der Waals surface area contributed by atoms with Crippen LogP contribution in [0.25, 0.3) is 0 Å². The van der Waals surface area contributed by atoms with Gasteiger partial charge in [0.2, 0.25) is 5.91 Å². The van der Waals surface area contributed by atoms with Crippen molar-refractivity contribution in [2.24, 2.45) is 0 Å². The van der Waals surface area contributed by atoms with Gasteiger partial charge in [-0.1, -0.05) is 25.1 Å². The normalized spacial score (nSPS) is 12.0. The summed E-state index contributed by atoms with van der Waals surface area (Å²) >= 11 is 0. The number of hydrogen-bond donors (Lipinski definition) is 2. The van der Waals surface area contributed by atoms with E-state index in [1.807, 2.05) is 18.2 Å². The highest BCUT2D eigenvalue weighted by Gasteiger charge is 2.13. The molecule has 2 N–H and O–H groups in total. The van der Waals surface area contributed by atoms with Gasteiger partial charge in [0.05, 0.1) is 13.7 Å². The van der Waals surface area contributed by atoms with E-state index in [4.69, 9.17) is 9.47 Å². The minimum absolute atomic E-state index is 0.0365. The summed E-state index contributed by atoms with van der Waals surface area (Å²) in [5, 5.41) is 6.22. The van der Waals surface area contributed by atoms with Gasteiger partial charge in [-0.05, 0) is 12.5 Å². The number of carbonyl (C=O) groups excluding carboxylic acids is 1. The number of hydrogen-bond acceptors (Lipinski definition) is 4. The number of amides is 1. The zero-order chi connectivity index (χ0) is 15.5. The summed E-state index contributed by atoms with van der Waals surface area (Å²) in [4.78, 5) is 11.6. The van der Waals surface area contributed by atoms with Crippen molar-refractivity contribution < 1.29 is 14.3 Å².